The zero-order valence-electron chi connectivity index (χ0n) is 12.7. The summed E-state index contributed by atoms with van der Waals surface area (Å²) >= 11 is 0.918. The Morgan fingerprint density at radius 2 is 2.04 bits per heavy atom. The van der Waals surface area contributed by atoms with Crippen LogP contribution in [-0.2, 0) is 6.73 Å². The van der Waals surface area contributed by atoms with Crippen molar-refractivity contribution in [2.45, 2.75) is 6.73 Å². The lowest BCUT2D eigenvalue weighted by Gasteiger charge is -2.05. The minimum Gasteiger partial charge on any atom is -0.471 e. The van der Waals surface area contributed by atoms with E-state index in [0.717, 1.165) is 11.3 Å². The molecular weight excluding hydrogens is 350 g/mol. The largest absolute Gasteiger partial charge is 0.471 e. The topological polar surface area (TPSA) is 68.5 Å². The lowest BCUT2D eigenvalue weighted by Crippen LogP contribution is -2.19. The van der Waals surface area contributed by atoms with Gasteiger partial charge in [0.15, 0.2) is 17.6 Å². The van der Waals surface area contributed by atoms with E-state index in [1.165, 1.54) is 47.3 Å². The number of ether oxygens (including phenoxy) is 1. The standard InChI is InChI=1S/C16H12F2N4O2S/c17-11-1-3-12(4-2-11)24-10-22-8-7-14(21-22)16(23)20-19-9-13-5-6-15(18)25-13/h1-9H,10H2,(H,20,23). The molecule has 0 aliphatic rings. The number of hydrazone groups is 1. The summed E-state index contributed by atoms with van der Waals surface area (Å²) in [6.45, 7) is 0.0661. The molecule has 0 bridgehead atoms. The zero-order chi connectivity index (χ0) is 17.6. The second-order valence-corrected chi connectivity index (χ2v) is 5.87. The third-order valence-electron chi connectivity index (χ3n) is 3.00. The summed E-state index contributed by atoms with van der Waals surface area (Å²) in [6, 6.07) is 9.93. The molecule has 1 N–H and O–H groups in total. The van der Waals surface area contributed by atoms with Crippen LogP contribution in [0.3, 0.4) is 0 Å². The van der Waals surface area contributed by atoms with E-state index in [0.29, 0.717) is 10.6 Å². The number of benzene rings is 1. The molecule has 0 spiro atoms. The molecule has 9 heteroatoms. The highest BCUT2D eigenvalue weighted by Gasteiger charge is 2.08. The van der Waals surface area contributed by atoms with Gasteiger partial charge >= 0.3 is 0 Å². The van der Waals surface area contributed by atoms with Gasteiger partial charge in [-0.3, -0.25) is 4.79 Å². The molecule has 2 heterocycles. The maximum Gasteiger partial charge on any atom is 0.291 e. The van der Waals surface area contributed by atoms with Gasteiger partial charge in [-0.1, -0.05) is 0 Å². The second kappa shape index (κ2) is 7.67. The maximum absolute atomic E-state index is 12.8. The SMILES string of the molecule is O=C(NN=Cc1ccc(F)s1)c1ccn(COc2ccc(F)cc2)n1. The molecule has 2 aromatic heterocycles. The van der Waals surface area contributed by atoms with Crippen LogP contribution in [0.1, 0.15) is 15.4 Å². The summed E-state index contributed by atoms with van der Waals surface area (Å²) in [4.78, 5) is 12.5. The quantitative estimate of drug-likeness (QED) is 0.541. The molecule has 0 fully saturated rings. The molecule has 6 nitrogen and oxygen atoms in total. The lowest BCUT2D eigenvalue weighted by molar-refractivity contribution is 0.0948. The molecule has 0 aliphatic heterocycles. The first-order valence-electron chi connectivity index (χ1n) is 7.11. The smallest absolute Gasteiger partial charge is 0.291 e. The van der Waals surface area contributed by atoms with Gasteiger partial charge in [0.05, 0.1) is 11.1 Å². The lowest BCUT2D eigenvalue weighted by atomic mass is 10.3. The van der Waals surface area contributed by atoms with E-state index in [9.17, 15) is 13.6 Å². The van der Waals surface area contributed by atoms with Gasteiger partial charge in [-0.2, -0.15) is 14.6 Å². The van der Waals surface area contributed by atoms with Crippen LogP contribution < -0.4 is 10.2 Å². The van der Waals surface area contributed by atoms with Crippen LogP contribution in [0.5, 0.6) is 5.75 Å². The molecule has 0 unspecified atom stereocenters. The van der Waals surface area contributed by atoms with Crippen LogP contribution >= 0.6 is 11.3 Å². The highest BCUT2D eigenvalue weighted by molar-refractivity contribution is 7.12. The Balaban J connectivity index is 1.52. The van der Waals surface area contributed by atoms with Crippen molar-refractivity contribution < 1.29 is 18.3 Å². The van der Waals surface area contributed by atoms with Crippen molar-refractivity contribution in [2.24, 2.45) is 5.10 Å². The summed E-state index contributed by atoms with van der Waals surface area (Å²) in [5.74, 6) is -0.374. The van der Waals surface area contributed by atoms with Crippen molar-refractivity contribution in [2.75, 3.05) is 0 Å². The number of halogens is 2. The van der Waals surface area contributed by atoms with Crippen molar-refractivity contribution in [1.82, 2.24) is 15.2 Å². The summed E-state index contributed by atoms with van der Waals surface area (Å²) < 4.78 is 32.5. The van der Waals surface area contributed by atoms with Gasteiger partial charge in [0.2, 0.25) is 0 Å². The second-order valence-electron chi connectivity index (χ2n) is 4.81. The third kappa shape index (κ3) is 4.70. The summed E-state index contributed by atoms with van der Waals surface area (Å²) in [5.41, 5.74) is 2.46. The predicted molar refractivity (Wildman–Crippen MR) is 88.6 cm³/mol. The van der Waals surface area contributed by atoms with Crippen LogP contribution in [0, 0.1) is 10.9 Å². The minimum atomic E-state index is -0.506. The van der Waals surface area contributed by atoms with Crippen LogP contribution in [-0.4, -0.2) is 21.9 Å². The molecule has 1 amide bonds. The average Bonchev–Trinajstić information content (AvgIpc) is 3.23. The summed E-state index contributed by atoms with van der Waals surface area (Å²) in [5, 5.41) is 7.47. The normalized spacial score (nSPS) is 11.0. The molecule has 0 aliphatic carbocycles. The highest BCUT2D eigenvalue weighted by atomic mass is 32.1. The first kappa shape index (κ1) is 16.8. The number of rotatable bonds is 6. The molecule has 0 radical (unpaired) electrons. The first-order chi connectivity index (χ1) is 12.1. The number of nitrogens with zero attached hydrogens (tertiary/aromatic N) is 3. The zero-order valence-corrected chi connectivity index (χ0v) is 13.5. The molecule has 0 saturated heterocycles. The van der Waals surface area contributed by atoms with Gasteiger partial charge in [0, 0.05) is 6.20 Å². The van der Waals surface area contributed by atoms with Gasteiger partial charge in [0.25, 0.3) is 5.91 Å². The van der Waals surface area contributed by atoms with Crippen LogP contribution in [0.2, 0.25) is 0 Å². The van der Waals surface area contributed by atoms with Gasteiger partial charge < -0.3 is 4.74 Å². The monoisotopic (exact) mass is 362 g/mol. The molecule has 1 aromatic carbocycles. The molecular formula is C16H12F2N4O2S. The Labute approximate surface area is 145 Å². The fourth-order valence-corrected chi connectivity index (χ4v) is 2.44. The molecule has 3 rings (SSSR count). The molecule has 25 heavy (non-hydrogen) atoms. The number of hydrogen-bond acceptors (Lipinski definition) is 5. The Morgan fingerprint density at radius 3 is 2.76 bits per heavy atom. The predicted octanol–water partition coefficient (Wildman–Crippen LogP) is 3.02. The van der Waals surface area contributed by atoms with Gasteiger partial charge in [-0.25, -0.2) is 14.5 Å². The summed E-state index contributed by atoms with van der Waals surface area (Å²) in [7, 11) is 0. The van der Waals surface area contributed by atoms with Crippen LogP contribution in [0.15, 0.2) is 53.8 Å². The van der Waals surface area contributed by atoms with Crippen LogP contribution in [0.4, 0.5) is 8.78 Å². The molecule has 128 valence electrons. The number of nitrogens with one attached hydrogen (secondary N) is 1. The number of amides is 1. The third-order valence-corrected chi connectivity index (χ3v) is 3.81. The van der Waals surface area contributed by atoms with Crippen LogP contribution in [0.25, 0.3) is 0 Å². The molecule has 0 atom stereocenters. The van der Waals surface area contributed by atoms with E-state index < -0.39 is 5.91 Å². The van der Waals surface area contributed by atoms with Gasteiger partial charge in [-0.15, -0.1) is 11.3 Å². The summed E-state index contributed by atoms with van der Waals surface area (Å²) in [6.07, 6.45) is 2.91. The minimum absolute atomic E-state index is 0.0661. The number of aromatic nitrogens is 2. The Morgan fingerprint density at radius 1 is 1.24 bits per heavy atom. The number of hydrogen-bond donors (Lipinski definition) is 1. The van der Waals surface area contributed by atoms with E-state index in [-0.39, 0.29) is 23.4 Å². The number of carbonyl (C=O) groups excluding carboxylic acids is 1. The highest BCUT2D eigenvalue weighted by Crippen LogP contribution is 2.12. The fraction of sp³-hybridized carbons (Fsp3) is 0.0625. The van der Waals surface area contributed by atoms with E-state index in [2.05, 4.69) is 15.6 Å². The first-order valence-corrected chi connectivity index (χ1v) is 7.92. The Bertz CT molecular complexity index is 890. The van der Waals surface area contributed by atoms with Crippen molar-refractivity contribution in [3.05, 3.63) is 70.2 Å². The average molecular weight is 362 g/mol. The van der Waals surface area contributed by atoms with Crippen molar-refractivity contribution in [3.63, 3.8) is 0 Å². The Hall–Kier alpha value is -3.07. The van der Waals surface area contributed by atoms with E-state index in [4.69, 9.17) is 4.74 Å². The van der Waals surface area contributed by atoms with Crippen molar-refractivity contribution in [1.29, 1.82) is 0 Å². The van der Waals surface area contributed by atoms with Crippen molar-refractivity contribution >= 4 is 23.5 Å². The van der Waals surface area contributed by atoms with Gasteiger partial charge in [0.1, 0.15) is 11.6 Å². The Kier molecular flexibility index (Phi) is 5.14. The van der Waals surface area contributed by atoms with Crippen molar-refractivity contribution in [3.8, 4) is 5.75 Å². The maximum atomic E-state index is 12.8. The molecule has 3 aromatic rings. The van der Waals surface area contributed by atoms with E-state index in [1.54, 1.807) is 12.3 Å². The number of thiophene rings is 1. The van der Waals surface area contributed by atoms with E-state index in [1.807, 2.05) is 0 Å². The van der Waals surface area contributed by atoms with E-state index >= 15 is 0 Å². The molecule has 0 saturated carbocycles. The van der Waals surface area contributed by atoms with Gasteiger partial charge in [-0.05, 0) is 42.5 Å². The fourth-order valence-electron chi connectivity index (χ4n) is 1.84. The number of carbonyl (C=O) groups is 1.